The van der Waals surface area contributed by atoms with Gasteiger partial charge in [-0.25, -0.2) is 13.2 Å². The van der Waals surface area contributed by atoms with Crippen LogP contribution in [-0.2, 0) is 10.0 Å². The van der Waals surface area contributed by atoms with Crippen LogP contribution in [0.4, 0.5) is 0 Å². The molecule has 138 valence electrons. The van der Waals surface area contributed by atoms with Crippen LogP contribution in [0.15, 0.2) is 39.9 Å². The zero-order valence-electron chi connectivity index (χ0n) is 14.1. The van der Waals surface area contributed by atoms with Gasteiger partial charge in [0.25, 0.3) is 15.9 Å². The van der Waals surface area contributed by atoms with E-state index in [0.29, 0.717) is 18.7 Å². The summed E-state index contributed by atoms with van der Waals surface area (Å²) in [5.74, 6) is -1.26. The number of piperazine rings is 1. The quantitative estimate of drug-likeness (QED) is 0.855. The Kier molecular flexibility index (Phi) is 5.12. The van der Waals surface area contributed by atoms with Crippen molar-refractivity contribution in [1.82, 2.24) is 9.21 Å². The zero-order chi connectivity index (χ0) is 18.9. The number of hydrogen-bond acceptors (Lipinski definition) is 5. The third-order valence-corrected chi connectivity index (χ3v) is 7.63. The number of benzene rings is 1. The predicted octanol–water partition coefficient (Wildman–Crippen LogP) is 1.90. The summed E-state index contributed by atoms with van der Waals surface area (Å²) in [7, 11) is -3.75. The Hall–Kier alpha value is -2.23. The molecule has 1 aromatic carbocycles. The summed E-state index contributed by atoms with van der Waals surface area (Å²) in [5, 5.41) is 10.3. The van der Waals surface area contributed by atoms with Crippen LogP contribution in [0.5, 0.6) is 0 Å². The van der Waals surface area contributed by atoms with Crippen LogP contribution in [0.3, 0.4) is 0 Å². The van der Waals surface area contributed by atoms with Gasteiger partial charge in [0.2, 0.25) is 0 Å². The Labute approximate surface area is 155 Å². The molecule has 1 aliphatic rings. The molecule has 1 amide bonds. The van der Waals surface area contributed by atoms with Crippen molar-refractivity contribution in [2.45, 2.75) is 11.1 Å². The lowest BCUT2D eigenvalue weighted by molar-refractivity contribution is 0.0688. The molecular formula is C17H18N2O5S2. The molecule has 0 radical (unpaired) electrons. The molecular weight excluding hydrogens is 376 g/mol. The van der Waals surface area contributed by atoms with E-state index in [0.717, 1.165) is 16.9 Å². The largest absolute Gasteiger partial charge is 0.478 e. The molecule has 3 rings (SSSR count). The molecule has 0 saturated carbocycles. The van der Waals surface area contributed by atoms with Crippen LogP contribution in [-0.4, -0.2) is 60.8 Å². The number of thiophene rings is 1. The Morgan fingerprint density at radius 3 is 2.35 bits per heavy atom. The Morgan fingerprint density at radius 2 is 1.77 bits per heavy atom. The molecule has 9 heteroatoms. The highest BCUT2D eigenvalue weighted by Crippen LogP contribution is 2.25. The highest BCUT2D eigenvalue weighted by Gasteiger charge is 2.32. The molecule has 1 aliphatic heterocycles. The van der Waals surface area contributed by atoms with Crippen LogP contribution >= 0.6 is 11.3 Å². The van der Waals surface area contributed by atoms with Crippen LogP contribution in [0.1, 0.15) is 26.3 Å². The standard InChI is InChI=1S/C17H18N2O5S2/c1-12-4-2-3-5-14(12)16(20)18-6-8-19(9-7-18)26(23,24)15-10-13(11-25-15)17(21)22/h2-5,10-11H,6-9H2,1H3,(H,21,22). The Balaban J connectivity index is 1.70. The van der Waals surface area contributed by atoms with E-state index in [-0.39, 0.29) is 28.8 Å². The van der Waals surface area contributed by atoms with Crippen molar-refractivity contribution < 1.29 is 23.1 Å². The first-order valence-corrected chi connectivity index (χ1v) is 10.3. The molecule has 0 spiro atoms. The number of hydrogen-bond donors (Lipinski definition) is 1. The van der Waals surface area contributed by atoms with Gasteiger partial charge >= 0.3 is 5.97 Å². The summed E-state index contributed by atoms with van der Waals surface area (Å²) >= 11 is 0.893. The molecule has 0 atom stereocenters. The maximum atomic E-state index is 12.7. The number of aryl methyl sites for hydroxylation is 1. The van der Waals surface area contributed by atoms with E-state index in [1.165, 1.54) is 15.8 Å². The molecule has 0 bridgehead atoms. The number of carboxylic acid groups (broad SMARTS) is 1. The highest BCUT2D eigenvalue weighted by atomic mass is 32.2. The minimum absolute atomic E-state index is 0.00794. The third-order valence-electron chi connectivity index (χ3n) is 4.32. The summed E-state index contributed by atoms with van der Waals surface area (Å²) in [4.78, 5) is 25.2. The number of aromatic carboxylic acids is 1. The third kappa shape index (κ3) is 3.50. The molecule has 7 nitrogen and oxygen atoms in total. The molecule has 1 N–H and O–H groups in total. The number of nitrogens with zero attached hydrogens (tertiary/aromatic N) is 2. The summed E-state index contributed by atoms with van der Waals surface area (Å²) in [6, 6.07) is 8.47. The van der Waals surface area contributed by atoms with Crippen molar-refractivity contribution in [1.29, 1.82) is 0 Å². The van der Waals surface area contributed by atoms with Crippen molar-refractivity contribution in [3.8, 4) is 0 Å². The van der Waals surface area contributed by atoms with Gasteiger partial charge in [0.1, 0.15) is 4.21 Å². The Morgan fingerprint density at radius 1 is 1.12 bits per heavy atom. The Bertz CT molecular complexity index is 944. The normalized spacial score (nSPS) is 15.8. The van der Waals surface area contributed by atoms with Gasteiger partial charge in [-0.05, 0) is 24.6 Å². The van der Waals surface area contributed by atoms with Crippen molar-refractivity contribution in [3.63, 3.8) is 0 Å². The minimum atomic E-state index is -3.75. The average molecular weight is 394 g/mol. The SMILES string of the molecule is Cc1ccccc1C(=O)N1CCN(S(=O)(=O)c2cc(C(=O)O)cs2)CC1. The number of carbonyl (C=O) groups is 2. The van der Waals surface area contributed by atoms with E-state index in [1.54, 1.807) is 17.0 Å². The summed E-state index contributed by atoms with van der Waals surface area (Å²) in [5.41, 5.74) is 1.46. The highest BCUT2D eigenvalue weighted by molar-refractivity contribution is 7.91. The fourth-order valence-corrected chi connectivity index (χ4v) is 5.53. The second-order valence-electron chi connectivity index (χ2n) is 5.97. The fourth-order valence-electron chi connectivity index (χ4n) is 2.81. The van der Waals surface area contributed by atoms with Gasteiger partial charge in [-0.15, -0.1) is 11.3 Å². The van der Waals surface area contributed by atoms with E-state index in [4.69, 9.17) is 5.11 Å². The monoisotopic (exact) mass is 394 g/mol. The van der Waals surface area contributed by atoms with E-state index < -0.39 is 16.0 Å². The first kappa shape index (κ1) is 18.6. The van der Waals surface area contributed by atoms with Crippen LogP contribution < -0.4 is 0 Å². The topological polar surface area (TPSA) is 95.0 Å². The number of sulfonamides is 1. The first-order valence-electron chi connectivity index (χ1n) is 7.97. The fraction of sp³-hybridized carbons (Fsp3) is 0.294. The molecule has 1 fully saturated rings. The van der Waals surface area contributed by atoms with Gasteiger partial charge in [0.05, 0.1) is 5.56 Å². The summed E-state index contributed by atoms with van der Waals surface area (Å²) in [6.07, 6.45) is 0. The molecule has 2 aromatic rings. The zero-order valence-corrected chi connectivity index (χ0v) is 15.7. The van der Waals surface area contributed by atoms with E-state index in [9.17, 15) is 18.0 Å². The number of amides is 1. The van der Waals surface area contributed by atoms with Gasteiger partial charge in [-0.2, -0.15) is 4.31 Å². The van der Waals surface area contributed by atoms with Crippen LogP contribution in [0, 0.1) is 6.92 Å². The van der Waals surface area contributed by atoms with Crippen molar-refractivity contribution in [3.05, 3.63) is 52.4 Å². The second kappa shape index (κ2) is 7.18. The number of carbonyl (C=O) groups excluding carboxylic acids is 1. The van der Waals surface area contributed by atoms with E-state index >= 15 is 0 Å². The second-order valence-corrected chi connectivity index (χ2v) is 9.05. The van der Waals surface area contributed by atoms with Crippen molar-refractivity contribution >= 4 is 33.2 Å². The minimum Gasteiger partial charge on any atom is -0.478 e. The van der Waals surface area contributed by atoms with Crippen LogP contribution in [0.2, 0.25) is 0 Å². The van der Waals surface area contributed by atoms with Gasteiger partial charge < -0.3 is 10.0 Å². The molecule has 1 aromatic heterocycles. The summed E-state index contributed by atoms with van der Waals surface area (Å²) in [6.45, 7) is 2.82. The summed E-state index contributed by atoms with van der Waals surface area (Å²) < 4.78 is 26.6. The molecule has 2 heterocycles. The number of rotatable bonds is 4. The molecule has 0 unspecified atom stereocenters. The van der Waals surface area contributed by atoms with Gasteiger partial charge in [0.15, 0.2) is 0 Å². The van der Waals surface area contributed by atoms with Gasteiger partial charge in [0, 0.05) is 37.1 Å². The first-order chi connectivity index (χ1) is 12.3. The van der Waals surface area contributed by atoms with E-state index in [2.05, 4.69) is 0 Å². The van der Waals surface area contributed by atoms with Gasteiger partial charge in [-0.1, -0.05) is 18.2 Å². The molecule has 26 heavy (non-hydrogen) atoms. The van der Waals surface area contributed by atoms with Crippen molar-refractivity contribution in [2.24, 2.45) is 0 Å². The number of carboxylic acids is 1. The average Bonchev–Trinajstić information content (AvgIpc) is 3.13. The van der Waals surface area contributed by atoms with Gasteiger partial charge in [-0.3, -0.25) is 4.79 Å². The maximum Gasteiger partial charge on any atom is 0.336 e. The van der Waals surface area contributed by atoms with E-state index in [1.807, 2.05) is 19.1 Å². The lowest BCUT2D eigenvalue weighted by Gasteiger charge is -2.34. The molecule has 0 aliphatic carbocycles. The lowest BCUT2D eigenvalue weighted by atomic mass is 10.1. The van der Waals surface area contributed by atoms with Crippen molar-refractivity contribution in [2.75, 3.05) is 26.2 Å². The maximum absolute atomic E-state index is 12.7. The lowest BCUT2D eigenvalue weighted by Crippen LogP contribution is -2.50. The smallest absolute Gasteiger partial charge is 0.336 e. The predicted molar refractivity (Wildman–Crippen MR) is 97.1 cm³/mol. The van der Waals surface area contributed by atoms with Crippen LogP contribution in [0.25, 0.3) is 0 Å². The molecule has 1 saturated heterocycles.